The Morgan fingerprint density at radius 2 is 1.75 bits per heavy atom. The molecule has 0 radical (unpaired) electrons. The summed E-state index contributed by atoms with van der Waals surface area (Å²) < 4.78 is 15.7. The first-order valence-electron chi connectivity index (χ1n) is 8.19. The molecular formula is C18H25NO5. The second-order valence-electron chi connectivity index (χ2n) is 6.81. The molecule has 0 N–H and O–H groups in total. The second kappa shape index (κ2) is 8.04. The van der Waals surface area contributed by atoms with Crippen LogP contribution in [0.2, 0.25) is 0 Å². The number of hydrogen-bond acceptors (Lipinski definition) is 5. The maximum atomic E-state index is 12.0. The molecule has 1 aromatic carbocycles. The highest BCUT2D eigenvalue weighted by atomic mass is 16.7. The number of carbonyl (C=O) groups excluding carboxylic acids is 2. The average Bonchev–Trinajstić information content (AvgIpc) is 2.53. The molecule has 132 valence electrons. The van der Waals surface area contributed by atoms with E-state index in [0.717, 1.165) is 5.56 Å². The van der Waals surface area contributed by atoms with Gasteiger partial charge >= 0.3 is 12.2 Å². The molecule has 1 saturated heterocycles. The molecule has 0 aromatic heterocycles. The summed E-state index contributed by atoms with van der Waals surface area (Å²) in [4.78, 5) is 25.4. The minimum absolute atomic E-state index is 0.191. The van der Waals surface area contributed by atoms with E-state index in [1.807, 2.05) is 51.1 Å². The number of likely N-dealkylation sites (tertiary alicyclic amines) is 1. The molecule has 6 nitrogen and oxygen atoms in total. The highest BCUT2D eigenvalue weighted by molar-refractivity contribution is 5.68. The fraction of sp³-hybridized carbons (Fsp3) is 0.556. The van der Waals surface area contributed by atoms with Crippen LogP contribution in [0.15, 0.2) is 30.3 Å². The lowest BCUT2D eigenvalue weighted by Crippen LogP contribution is -2.43. The van der Waals surface area contributed by atoms with E-state index in [-0.39, 0.29) is 18.8 Å². The summed E-state index contributed by atoms with van der Waals surface area (Å²) in [6.45, 7) is 6.71. The van der Waals surface area contributed by atoms with Gasteiger partial charge in [0.2, 0.25) is 0 Å². The summed E-state index contributed by atoms with van der Waals surface area (Å²) in [6.07, 6.45) is -0.0616. The van der Waals surface area contributed by atoms with Gasteiger partial charge in [-0.3, -0.25) is 0 Å². The number of ether oxygens (including phenoxy) is 3. The average molecular weight is 335 g/mol. The number of benzene rings is 1. The maximum absolute atomic E-state index is 12.0. The maximum Gasteiger partial charge on any atom is 0.508 e. The first-order chi connectivity index (χ1) is 11.3. The third-order valence-corrected chi connectivity index (χ3v) is 3.56. The van der Waals surface area contributed by atoms with Crippen molar-refractivity contribution in [2.24, 2.45) is 0 Å². The van der Waals surface area contributed by atoms with Gasteiger partial charge in [0, 0.05) is 25.9 Å². The van der Waals surface area contributed by atoms with Crippen LogP contribution in [0.1, 0.15) is 39.2 Å². The van der Waals surface area contributed by atoms with Crippen molar-refractivity contribution in [2.45, 2.75) is 51.9 Å². The molecule has 1 heterocycles. The Labute approximate surface area is 142 Å². The van der Waals surface area contributed by atoms with Gasteiger partial charge in [-0.25, -0.2) is 9.59 Å². The van der Waals surface area contributed by atoms with Crippen LogP contribution in [0.4, 0.5) is 9.59 Å². The molecule has 1 aliphatic heterocycles. The zero-order valence-corrected chi connectivity index (χ0v) is 14.5. The second-order valence-corrected chi connectivity index (χ2v) is 6.81. The number of piperidine rings is 1. The summed E-state index contributed by atoms with van der Waals surface area (Å²) in [5.74, 6) is 0. The van der Waals surface area contributed by atoms with Gasteiger partial charge in [0.1, 0.15) is 18.3 Å². The molecule has 24 heavy (non-hydrogen) atoms. The fourth-order valence-electron chi connectivity index (χ4n) is 2.37. The molecule has 6 heteroatoms. The van der Waals surface area contributed by atoms with Gasteiger partial charge in [-0.2, -0.15) is 0 Å². The minimum Gasteiger partial charge on any atom is -0.444 e. The van der Waals surface area contributed by atoms with Crippen LogP contribution in [0.5, 0.6) is 0 Å². The lowest BCUT2D eigenvalue weighted by Gasteiger charge is -2.32. The van der Waals surface area contributed by atoms with E-state index in [4.69, 9.17) is 14.2 Å². The topological polar surface area (TPSA) is 65.1 Å². The summed E-state index contributed by atoms with van der Waals surface area (Å²) >= 11 is 0. The van der Waals surface area contributed by atoms with Gasteiger partial charge < -0.3 is 19.1 Å². The summed E-state index contributed by atoms with van der Waals surface area (Å²) in [6, 6.07) is 9.44. The van der Waals surface area contributed by atoms with Crippen molar-refractivity contribution >= 4 is 12.2 Å². The molecule has 0 aliphatic carbocycles. The van der Waals surface area contributed by atoms with E-state index in [0.29, 0.717) is 25.9 Å². The van der Waals surface area contributed by atoms with Gasteiger partial charge in [-0.1, -0.05) is 30.3 Å². The largest absolute Gasteiger partial charge is 0.508 e. The van der Waals surface area contributed by atoms with E-state index in [1.54, 1.807) is 4.90 Å². The molecule has 0 bridgehead atoms. The SMILES string of the molecule is CC(C)(C)OC(=O)N1CCC(OC(=O)OCc2ccccc2)CC1. The van der Waals surface area contributed by atoms with E-state index in [9.17, 15) is 9.59 Å². The molecule has 0 spiro atoms. The Morgan fingerprint density at radius 1 is 1.12 bits per heavy atom. The quantitative estimate of drug-likeness (QED) is 0.787. The zero-order chi connectivity index (χ0) is 17.6. The Morgan fingerprint density at radius 3 is 2.33 bits per heavy atom. The Hall–Kier alpha value is -2.24. The van der Waals surface area contributed by atoms with Crippen molar-refractivity contribution in [3.8, 4) is 0 Å². The smallest absolute Gasteiger partial charge is 0.444 e. The normalized spacial score (nSPS) is 15.7. The van der Waals surface area contributed by atoms with E-state index in [2.05, 4.69) is 0 Å². The van der Waals surface area contributed by atoms with E-state index in [1.165, 1.54) is 0 Å². The third kappa shape index (κ3) is 6.10. The van der Waals surface area contributed by atoms with Crippen LogP contribution in [0, 0.1) is 0 Å². The number of nitrogens with zero attached hydrogens (tertiary/aromatic N) is 1. The molecule has 1 aromatic rings. The van der Waals surface area contributed by atoms with Crippen molar-refractivity contribution < 1.29 is 23.8 Å². The molecule has 2 rings (SSSR count). The van der Waals surface area contributed by atoms with Gasteiger partial charge in [-0.15, -0.1) is 0 Å². The summed E-state index contributed by atoms with van der Waals surface area (Å²) in [5.41, 5.74) is 0.403. The molecular weight excluding hydrogens is 310 g/mol. The highest BCUT2D eigenvalue weighted by Crippen LogP contribution is 2.18. The van der Waals surface area contributed by atoms with E-state index >= 15 is 0 Å². The first-order valence-corrected chi connectivity index (χ1v) is 8.19. The van der Waals surface area contributed by atoms with Crippen LogP contribution >= 0.6 is 0 Å². The first kappa shape index (κ1) is 18.1. The van der Waals surface area contributed by atoms with Gasteiger partial charge in [0.25, 0.3) is 0 Å². The minimum atomic E-state index is -0.672. The van der Waals surface area contributed by atoms with E-state index < -0.39 is 11.8 Å². The number of carbonyl (C=O) groups is 2. The standard InChI is InChI=1S/C18H25NO5/c1-18(2,3)24-16(20)19-11-9-15(10-12-19)23-17(21)22-13-14-7-5-4-6-8-14/h4-8,15H,9-13H2,1-3H3. The molecule has 0 saturated carbocycles. The lowest BCUT2D eigenvalue weighted by atomic mass is 10.1. The Bertz CT molecular complexity index is 544. The Balaban J connectivity index is 1.69. The van der Waals surface area contributed by atoms with Crippen molar-refractivity contribution in [3.05, 3.63) is 35.9 Å². The number of amides is 1. The van der Waals surface area contributed by atoms with Gasteiger partial charge in [0.15, 0.2) is 0 Å². The van der Waals surface area contributed by atoms with Crippen molar-refractivity contribution in [2.75, 3.05) is 13.1 Å². The van der Waals surface area contributed by atoms with Crippen molar-refractivity contribution in [1.29, 1.82) is 0 Å². The third-order valence-electron chi connectivity index (χ3n) is 3.56. The molecule has 1 amide bonds. The molecule has 1 fully saturated rings. The lowest BCUT2D eigenvalue weighted by molar-refractivity contribution is -0.0135. The monoisotopic (exact) mass is 335 g/mol. The Kier molecular flexibility index (Phi) is 6.06. The van der Waals surface area contributed by atoms with Gasteiger partial charge in [0.05, 0.1) is 0 Å². The van der Waals surface area contributed by atoms with Gasteiger partial charge in [-0.05, 0) is 26.3 Å². The predicted octanol–water partition coefficient (Wildman–Crippen LogP) is 3.74. The van der Waals surface area contributed by atoms with Crippen LogP contribution in [0.3, 0.4) is 0 Å². The highest BCUT2D eigenvalue weighted by Gasteiger charge is 2.28. The van der Waals surface area contributed by atoms with Crippen LogP contribution in [-0.2, 0) is 20.8 Å². The van der Waals surface area contributed by atoms with Crippen LogP contribution < -0.4 is 0 Å². The summed E-state index contributed by atoms with van der Waals surface area (Å²) in [5, 5.41) is 0. The van der Waals surface area contributed by atoms with Crippen molar-refractivity contribution in [3.63, 3.8) is 0 Å². The van der Waals surface area contributed by atoms with Crippen LogP contribution in [-0.4, -0.2) is 41.9 Å². The van der Waals surface area contributed by atoms with Crippen LogP contribution in [0.25, 0.3) is 0 Å². The molecule has 0 unspecified atom stereocenters. The zero-order valence-electron chi connectivity index (χ0n) is 14.5. The number of hydrogen-bond donors (Lipinski definition) is 0. The fourth-order valence-corrected chi connectivity index (χ4v) is 2.37. The molecule has 0 atom stereocenters. The molecule has 1 aliphatic rings. The predicted molar refractivity (Wildman–Crippen MR) is 88.5 cm³/mol. The number of rotatable bonds is 3. The van der Waals surface area contributed by atoms with Crippen molar-refractivity contribution in [1.82, 2.24) is 4.90 Å². The summed E-state index contributed by atoms with van der Waals surface area (Å²) in [7, 11) is 0.